The van der Waals surface area contributed by atoms with Crippen LogP contribution in [0.1, 0.15) is 27.7 Å². The zero-order valence-corrected chi connectivity index (χ0v) is 13.8. The first-order valence-corrected chi connectivity index (χ1v) is 8.38. The maximum atomic E-state index is 12.3. The highest BCUT2D eigenvalue weighted by molar-refractivity contribution is 5.94. The molecular weight excluding hydrogens is 316 g/mol. The molecule has 1 N–H and O–H groups in total. The second-order valence-corrected chi connectivity index (χ2v) is 6.30. The summed E-state index contributed by atoms with van der Waals surface area (Å²) in [6, 6.07) is 13.4. The fourth-order valence-electron chi connectivity index (χ4n) is 3.28. The van der Waals surface area contributed by atoms with Crippen LogP contribution in [0.2, 0.25) is 0 Å². The Morgan fingerprint density at radius 3 is 2.92 bits per heavy atom. The van der Waals surface area contributed by atoms with Crippen LogP contribution < -0.4 is 5.32 Å². The van der Waals surface area contributed by atoms with Gasteiger partial charge in [-0.05, 0) is 24.3 Å². The number of nitrogens with one attached hydrogen (secondary N) is 1. The molecule has 1 aromatic carbocycles. The summed E-state index contributed by atoms with van der Waals surface area (Å²) in [7, 11) is 0. The summed E-state index contributed by atoms with van der Waals surface area (Å²) in [6.45, 7) is 3.04. The van der Waals surface area contributed by atoms with Crippen LogP contribution in [0.15, 0.2) is 65.6 Å². The van der Waals surface area contributed by atoms with Gasteiger partial charge in [-0.3, -0.25) is 14.4 Å². The molecule has 25 heavy (non-hydrogen) atoms. The van der Waals surface area contributed by atoms with Gasteiger partial charge in [0.25, 0.3) is 5.91 Å². The molecule has 128 valence electrons. The topological polar surface area (TPSA) is 63.3 Å². The van der Waals surface area contributed by atoms with Gasteiger partial charge in [0.05, 0.1) is 24.3 Å². The number of hydrogen-bond acceptors (Lipinski definition) is 4. The maximum Gasteiger partial charge on any atom is 0.251 e. The molecule has 1 amide bonds. The molecule has 0 spiro atoms. The van der Waals surface area contributed by atoms with Crippen molar-refractivity contribution in [1.29, 1.82) is 0 Å². The van der Waals surface area contributed by atoms with Gasteiger partial charge >= 0.3 is 0 Å². The summed E-state index contributed by atoms with van der Waals surface area (Å²) in [5.74, 6) is -0.0544. The first kappa shape index (κ1) is 15.7. The molecule has 0 unspecified atom stereocenters. The van der Waals surface area contributed by atoms with Crippen molar-refractivity contribution in [3.05, 3.63) is 78.0 Å². The Labute approximate surface area is 146 Å². The molecule has 0 radical (unpaired) electrons. The average Bonchev–Trinajstić information content (AvgIpc) is 3.32. The average molecular weight is 336 g/mol. The number of amides is 1. The molecule has 1 aliphatic rings. The van der Waals surface area contributed by atoms with Crippen LogP contribution in [0, 0.1) is 0 Å². The van der Waals surface area contributed by atoms with E-state index in [0.717, 1.165) is 30.9 Å². The molecule has 0 fully saturated rings. The second kappa shape index (κ2) is 6.94. The van der Waals surface area contributed by atoms with Crippen LogP contribution in [0.25, 0.3) is 0 Å². The van der Waals surface area contributed by atoms with Crippen molar-refractivity contribution in [1.82, 2.24) is 20.0 Å². The first-order chi connectivity index (χ1) is 12.3. The summed E-state index contributed by atoms with van der Waals surface area (Å²) in [5, 5.41) is 7.47. The van der Waals surface area contributed by atoms with Gasteiger partial charge in [-0.2, -0.15) is 5.10 Å². The largest absolute Gasteiger partial charge is 0.472 e. The van der Waals surface area contributed by atoms with Crippen molar-refractivity contribution in [2.45, 2.75) is 19.1 Å². The molecule has 6 nitrogen and oxygen atoms in total. The van der Waals surface area contributed by atoms with Crippen LogP contribution in [0.5, 0.6) is 0 Å². The number of furan rings is 1. The van der Waals surface area contributed by atoms with Crippen LogP contribution in [-0.2, 0) is 13.1 Å². The van der Waals surface area contributed by atoms with Gasteiger partial charge in [0, 0.05) is 43.5 Å². The molecule has 1 aliphatic heterocycles. The molecule has 2 aromatic heterocycles. The van der Waals surface area contributed by atoms with E-state index < -0.39 is 0 Å². The summed E-state index contributed by atoms with van der Waals surface area (Å²) >= 11 is 0. The van der Waals surface area contributed by atoms with Crippen molar-refractivity contribution in [2.75, 3.05) is 13.1 Å². The number of nitrogens with zero attached hydrogens (tertiary/aromatic N) is 3. The first-order valence-electron chi connectivity index (χ1n) is 8.38. The molecule has 0 saturated heterocycles. The third-order valence-corrected chi connectivity index (χ3v) is 4.47. The highest BCUT2D eigenvalue weighted by Crippen LogP contribution is 2.21. The summed E-state index contributed by atoms with van der Waals surface area (Å²) in [6.07, 6.45) is 5.29. The lowest BCUT2D eigenvalue weighted by molar-refractivity contribution is 0.0932. The Bertz CT molecular complexity index is 826. The molecule has 6 heteroatoms. The monoisotopic (exact) mass is 336 g/mol. The Balaban J connectivity index is 1.44. The lowest BCUT2D eigenvalue weighted by Crippen LogP contribution is -2.42. The van der Waals surface area contributed by atoms with E-state index in [9.17, 15) is 4.79 Å². The third kappa shape index (κ3) is 3.49. The second-order valence-electron chi connectivity index (χ2n) is 6.30. The lowest BCUT2D eigenvalue weighted by atomic mass is 10.1. The van der Waals surface area contributed by atoms with E-state index in [1.807, 2.05) is 53.3 Å². The number of carbonyl (C=O) groups excluding carboxylic acids is 1. The van der Waals surface area contributed by atoms with Crippen molar-refractivity contribution in [3.8, 4) is 0 Å². The predicted molar refractivity (Wildman–Crippen MR) is 92.9 cm³/mol. The fourth-order valence-corrected chi connectivity index (χ4v) is 3.28. The van der Waals surface area contributed by atoms with E-state index >= 15 is 0 Å². The Morgan fingerprint density at radius 1 is 1.24 bits per heavy atom. The van der Waals surface area contributed by atoms with E-state index in [0.29, 0.717) is 12.1 Å². The van der Waals surface area contributed by atoms with Crippen molar-refractivity contribution < 1.29 is 9.21 Å². The lowest BCUT2D eigenvalue weighted by Gasteiger charge is -2.33. The Kier molecular flexibility index (Phi) is 4.35. The molecule has 3 aromatic rings. The summed E-state index contributed by atoms with van der Waals surface area (Å²) < 4.78 is 7.19. The zero-order valence-electron chi connectivity index (χ0n) is 13.8. The zero-order chi connectivity index (χ0) is 17.1. The van der Waals surface area contributed by atoms with E-state index in [4.69, 9.17) is 4.42 Å². The molecular formula is C19H20N4O2. The standard InChI is InChI=1S/C19H20N4O2/c24-19(16-4-2-1-3-5-16)20-10-18-13-22(11-15-7-9-25-14-15)12-17-6-8-21-23(17)18/h1-9,14,18H,10-13H2,(H,20,24)/t18-/m0/s1. The number of rotatable bonds is 5. The molecule has 0 saturated carbocycles. The van der Waals surface area contributed by atoms with Crippen molar-refractivity contribution in [2.24, 2.45) is 0 Å². The molecule has 0 bridgehead atoms. The molecule has 1 atom stereocenters. The maximum absolute atomic E-state index is 12.3. The minimum absolute atomic E-state index is 0.0544. The van der Waals surface area contributed by atoms with Crippen LogP contribution >= 0.6 is 0 Å². The van der Waals surface area contributed by atoms with Crippen molar-refractivity contribution >= 4 is 5.91 Å². The van der Waals surface area contributed by atoms with Gasteiger partial charge in [0.1, 0.15) is 0 Å². The third-order valence-electron chi connectivity index (χ3n) is 4.47. The van der Waals surface area contributed by atoms with Gasteiger partial charge in [-0.1, -0.05) is 18.2 Å². The number of aromatic nitrogens is 2. The van der Waals surface area contributed by atoms with E-state index in [1.54, 1.807) is 12.5 Å². The minimum atomic E-state index is -0.0544. The fraction of sp³-hybridized carbons (Fsp3) is 0.263. The number of carbonyl (C=O) groups is 1. The van der Waals surface area contributed by atoms with Gasteiger partial charge in [0.15, 0.2) is 0 Å². The van der Waals surface area contributed by atoms with E-state index in [-0.39, 0.29) is 11.9 Å². The minimum Gasteiger partial charge on any atom is -0.472 e. The van der Waals surface area contributed by atoms with Crippen LogP contribution in [0.4, 0.5) is 0 Å². The Hall–Kier alpha value is -2.86. The van der Waals surface area contributed by atoms with Gasteiger partial charge in [-0.15, -0.1) is 0 Å². The van der Waals surface area contributed by atoms with E-state index in [1.165, 1.54) is 0 Å². The molecule has 3 heterocycles. The summed E-state index contributed by atoms with van der Waals surface area (Å²) in [4.78, 5) is 14.7. The van der Waals surface area contributed by atoms with Crippen LogP contribution in [0.3, 0.4) is 0 Å². The number of fused-ring (bicyclic) bond motifs is 1. The summed E-state index contributed by atoms with van der Waals surface area (Å²) in [5.41, 5.74) is 2.99. The van der Waals surface area contributed by atoms with Crippen molar-refractivity contribution in [3.63, 3.8) is 0 Å². The van der Waals surface area contributed by atoms with Gasteiger partial charge < -0.3 is 9.73 Å². The van der Waals surface area contributed by atoms with Gasteiger partial charge in [-0.25, -0.2) is 0 Å². The predicted octanol–water partition coefficient (Wildman–Crippen LogP) is 2.46. The highest BCUT2D eigenvalue weighted by atomic mass is 16.3. The van der Waals surface area contributed by atoms with Gasteiger partial charge in [0.2, 0.25) is 0 Å². The highest BCUT2D eigenvalue weighted by Gasteiger charge is 2.26. The van der Waals surface area contributed by atoms with Crippen LogP contribution in [-0.4, -0.2) is 33.7 Å². The quantitative estimate of drug-likeness (QED) is 0.777. The molecule has 0 aliphatic carbocycles. The SMILES string of the molecule is O=C(NC[C@H]1CN(Cc2ccoc2)Cc2ccnn21)c1ccccc1. The number of benzene rings is 1. The van der Waals surface area contributed by atoms with E-state index in [2.05, 4.69) is 15.3 Å². The molecule has 4 rings (SSSR count). The smallest absolute Gasteiger partial charge is 0.251 e. The normalized spacial score (nSPS) is 17.2. The Morgan fingerprint density at radius 2 is 2.12 bits per heavy atom. The number of hydrogen-bond donors (Lipinski definition) is 1.